The summed E-state index contributed by atoms with van der Waals surface area (Å²) in [6.07, 6.45) is -1.93. The highest BCUT2D eigenvalue weighted by molar-refractivity contribution is 6.12. The molecule has 0 radical (unpaired) electrons. The third-order valence-electron chi connectivity index (χ3n) is 5.28. The maximum absolute atomic E-state index is 12.6. The molecule has 0 spiro atoms. The van der Waals surface area contributed by atoms with Gasteiger partial charge in [0.15, 0.2) is 28.6 Å². The summed E-state index contributed by atoms with van der Waals surface area (Å²) in [4.78, 5) is 60.2. The molecule has 1 heterocycles. The van der Waals surface area contributed by atoms with E-state index >= 15 is 0 Å². The van der Waals surface area contributed by atoms with E-state index in [-0.39, 0.29) is 41.3 Å². The van der Waals surface area contributed by atoms with Crippen LogP contribution >= 0.6 is 0 Å². The van der Waals surface area contributed by atoms with E-state index in [4.69, 9.17) is 25.4 Å². The topological polar surface area (TPSA) is 212 Å². The van der Waals surface area contributed by atoms with E-state index in [0.717, 1.165) is 14.2 Å². The van der Waals surface area contributed by atoms with E-state index < -0.39 is 42.0 Å². The van der Waals surface area contributed by atoms with Crippen LogP contribution in [0.2, 0.25) is 0 Å². The van der Waals surface area contributed by atoms with Gasteiger partial charge in [-0.05, 0) is 6.07 Å². The fourth-order valence-electron chi connectivity index (χ4n) is 3.37. The molecule has 0 bridgehead atoms. The predicted molar refractivity (Wildman–Crippen MR) is 132 cm³/mol. The number of carbonyl (C=O) groups excluding carboxylic acids is 5. The SMILES string of the molecule is COC(=O)[C@@H](N)CNC(=O)Oc1c2ccccc2c(OC(=O)NC[C@H](N)C(=O)OC)c2oc(C(C)=O)cc12. The second kappa shape index (κ2) is 12.0. The minimum Gasteiger partial charge on any atom is -0.468 e. The number of furan rings is 1. The minimum atomic E-state index is -1.13. The maximum Gasteiger partial charge on any atom is 0.412 e. The fourth-order valence-corrected chi connectivity index (χ4v) is 3.37. The monoisotopic (exact) mass is 530 g/mol. The molecule has 14 heteroatoms. The first-order valence-corrected chi connectivity index (χ1v) is 11.1. The number of ether oxygens (including phenoxy) is 4. The average Bonchev–Trinajstić information content (AvgIpc) is 3.37. The number of benzene rings is 2. The first kappa shape index (κ1) is 27.9. The molecular formula is C24H26N4O10. The van der Waals surface area contributed by atoms with Crippen LogP contribution in [0.15, 0.2) is 34.7 Å². The van der Waals surface area contributed by atoms with Crippen molar-refractivity contribution >= 4 is 51.7 Å². The molecule has 0 aliphatic carbocycles. The molecule has 38 heavy (non-hydrogen) atoms. The molecule has 14 nitrogen and oxygen atoms in total. The zero-order valence-corrected chi connectivity index (χ0v) is 20.7. The Hall–Kier alpha value is -4.69. The summed E-state index contributed by atoms with van der Waals surface area (Å²) in [6.45, 7) is 0.713. The number of nitrogens with one attached hydrogen (secondary N) is 2. The number of amides is 2. The predicted octanol–water partition coefficient (Wildman–Crippen LogP) is 0.966. The molecule has 0 unspecified atom stereocenters. The maximum atomic E-state index is 12.6. The Kier molecular flexibility index (Phi) is 8.83. The van der Waals surface area contributed by atoms with Crippen molar-refractivity contribution in [2.45, 2.75) is 19.0 Å². The number of hydrogen-bond donors (Lipinski definition) is 4. The van der Waals surface area contributed by atoms with Gasteiger partial charge in [0.1, 0.15) is 12.1 Å². The van der Waals surface area contributed by atoms with E-state index in [1.807, 2.05) is 0 Å². The summed E-state index contributed by atoms with van der Waals surface area (Å²) < 4.78 is 25.7. The van der Waals surface area contributed by atoms with Crippen LogP contribution in [0.4, 0.5) is 9.59 Å². The van der Waals surface area contributed by atoms with Gasteiger partial charge in [0.2, 0.25) is 0 Å². The molecule has 6 N–H and O–H groups in total. The fraction of sp³-hybridized carbons (Fsp3) is 0.292. The molecule has 202 valence electrons. The summed E-state index contributed by atoms with van der Waals surface area (Å²) in [5, 5.41) is 5.49. The number of rotatable bonds is 9. The highest BCUT2D eigenvalue weighted by atomic mass is 16.6. The van der Waals surface area contributed by atoms with Crippen molar-refractivity contribution in [3.05, 3.63) is 36.1 Å². The largest absolute Gasteiger partial charge is 0.468 e. The molecule has 2 aromatic carbocycles. The minimum absolute atomic E-state index is 0.00328. The Bertz CT molecular complexity index is 1300. The third-order valence-corrected chi connectivity index (χ3v) is 5.28. The van der Waals surface area contributed by atoms with Crippen LogP contribution in [0.3, 0.4) is 0 Å². The number of Topliss-reactive ketones (excluding diaryl/α,β-unsaturated/α-hetero) is 1. The van der Waals surface area contributed by atoms with E-state index in [2.05, 4.69) is 20.1 Å². The summed E-state index contributed by atoms with van der Waals surface area (Å²) in [7, 11) is 2.32. The zero-order chi connectivity index (χ0) is 28.0. The molecule has 1 aromatic heterocycles. The van der Waals surface area contributed by atoms with Gasteiger partial charge in [-0.1, -0.05) is 24.3 Å². The van der Waals surface area contributed by atoms with Crippen LogP contribution in [0.25, 0.3) is 21.7 Å². The second-order valence-electron chi connectivity index (χ2n) is 7.91. The third kappa shape index (κ3) is 6.16. The van der Waals surface area contributed by atoms with Crippen molar-refractivity contribution in [1.29, 1.82) is 0 Å². The Morgan fingerprint density at radius 2 is 1.29 bits per heavy atom. The summed E-state index contributed by atoms with van der Waals surface area (Å²) in [5.41, 5.74) is 11.2. The smallest absolute Gasteiger partial charge is 0.412 e. The standard InChI is InChI=1S/C24H26N4O10/c1-11(29)17-8-14-18(37-23(32)27-9-15(25)21(30)34-2)12-6-4-5-7-13(12)19(20(14)36-17)38-24(33)28-10-16(26)22(31)35-3/h4-8,15-16H,9-10,25-26H2,1-3H3,(H,27,32)(H,28,33)/t15-,16-/m0/s1. The number of carbonyl (C=O) groups is 5. The molecule has 3 rings (SSSR count). The Morgan fingerprint density at radius 1 is 0.816 bits per heavy atom. The van der Waals surface area contributed by atoms with Gasteiger partial charge in [-0.2, -0.15) is 0 Å². The lowest BCUT2D eigenvalue weighted by molar-refractivity contribution is -0.142. The molecule has 0 aliphatic rings. The van der Waals surface area contributed by atoms with Crippen molar-refractivity contribution in [2.24, 2.45) is 11.5 Å². The number of methoxy groups -OCH3 is 2. The first-order chi connectivity index (χ1) is 18.1. The van der Waals surface area contributed by atoms with Gasteiger partial charge < -0.3 is 45.5 Å². The van der Waals surface area contributed by atoms with Gasteiger partial charge in [-0.3, -0.25) is 14.4 Å². The van der Waals surface area contributed by atoms with E-state index in [9.17, 15) is 24.0 Å². The van der Waals surface area contributed by atoms with Crippen molar-refractivity contribution in [2.75, 3.05) is 27.3 Å². The van der Waals surface area contributed by atoms with Gasteiger partial charge >= 0.3 is 24.1 Å². The molecule has 0 aliphatic heterocycles. The quantitative estimate of drug-likeness (QED) is 0.225. The van der Waals surface area contributed by atoms with Crippen LogP contribution in [-0.2, 0) is 19.1 Å². The number of ketones is 1. The lowest BCUT2D eigenvalue weighted by atomic mass is 10.1. The normalized spacial score (nSPS) is 12.3. The van der Waals surface area contributed by atoms with Crippen LogP contribution in [0.5, 0.6) is 11.5 Å². The Balaban J connectivity index is 1.99. The van der Waals surface area contributed by atoms with Crippen molar-refractivity contribution in [1.82, 2.24) is 10.6 Å². The number of fused-ring (bicyclic) bond motifs is 2. The number of hydrogen-bond acceptors (Lipinski definition) is 12. The summed E-state index contributed by atoms with van der Waals surface area (Å²) in [5.74, 6) is -2.08. The lowest BCUT2D eigenvalue weighted by Gasteiger charge is -2.15. The zero-order valence-electron chi connectivity index (χ0n) is 20.7. The van der Waals surface area contributed by atoms with Crippen LogP contribution in [0.1, 0.15) is 17.5 Å². The number of nitrogens with two attached hydrogens (primary N) is 2. The second-order valence-corrected chi connectivity index (χ2v) is 7.91. The molecule has 0 saturated heterocycles. The molecule has 0 fully saturated rings. The molecule has 3 aromatic rings. The van der Waals surface area contributed by atoms with Crippen LogP contribution in [0, 0.1) is 0 Å². The number of esters is 2. The van der Waals surface area contributed by atoms with Gasteiger partial charge in [-0.15, -0.1) is 0 Å². The van der Waals surface area contributed by atoms with Gasteiger partial charge in [0.25, 0.3) is 0 Å². The summed E-state index contributed by atoms with van der Waals surface area (Å²) >= 11 is 0. The van der Waals surface area contributed by atoms with Gasteiger partial charge in [-0.25, -0.2) is 9.59 Å². The van der Waals surface area contributed by atoms with Gasteiger partial charge in [0, 0.05) is 30.8 Å². The molecule has 2 amide bonds. The molecular weight excluding hydrogens is 504 g/mol. The average molecular weight is 530 g/mol. The highest BCUT2D eigenvalue weighted by Crippen LogP contribution is 2.44. The Labute approximate surface area is 215 Å². The van der Waals surface area contributed by atoms with E-state index in [1.165, 1.54) is 13.0 Å². The lowest BCUT2D eigenvalue weighted by Crippen LogP contribution is -2.44. The van der Waals surface area contributed by atoms with Crippen molar-refractivity contribution in [3.8, 4) is 11.5 Å². The van der Waals surface area contributed by atoms with E-state index in [1.54, 1.807) is 24.3 Å². The summed E-state index contributed by atoms with van der Waals surface area (Å²) in [6, 6.07) is 5.55. The van der Waals surface area contributed by atoms with Crippen LogP contribution in [-0.4, -0.2) is 69.3 Å². The van der Waals surface area contributed by atoms with Crippen molar-refractivity contribution in [3.63, 3.8) is 0 Å². The molecule has 0 saturated carbocycles. The van der Waals surface area contributed by atoms with Crippen LogP contribution < -0.4 is 31.6 Å². The highest BCUT2D eigenvalue weighted by Gasteiger charge is 2.26. The van der Waals surface area contributed by atoms with Crippen molar-refractivity contribution < 1.29 is 47.3 Å². The van der Waals surface area contributed by atoms with Gasteiger partial charge in [0.05, 0.1) is 19.6 Å². The Morgan fingerprint density at radius 3 is 1.76 bits per heavy atom. The molecule has 2 atom stereocenters. The van der Waals surface area contributed by atoms with E-state index in [0.29, 0.717) is 10.8 Å². The first-order valence-electron chi connectivity index (χ1n) is 11.1.